The van der Waals surface area contributed by atoms with Gasteiger partial charge in [-0.2, -0.15) is 0 Å². The predicted molar refractivity (Wildman–Crippen MR) is 91.0 cm³/mol. The van der Waals surface area contributed by atoms with Crippen molar-refractivity contribution in [2.45, 2.75) is 13.3 Å². The van der Waals surface area contributed by atoms with Gasteiger partial charge in [-0.05, 0) is 42.3 Å². The molecule has 6 heteroatoms. The van der Waals surface area contributed by atoms with Gasteiger partial charge in [0.25, 0.3) is 0 Å². The highest BCUT2D eigenvalue weighted by Gasteiger charge is 2.10. The third kappa shape index (κ3) is 3.27. The molecule has 0 fully saturated rings. The maximum absolute atomic E-state index is 10.7. The first-order valence-corrected chi connectivity index (χ1v) is 8.16. The normalized spacial score (nSPS) is 11.3. The minimum absolute atomic E-state index is 0.702. The van der Waals surface area contributed by atoms with E-state index in [1.807, 2.05) is 34.0 Å². The summed E-state index contributed by atoms with van der Waals surface area (Å²) in [6.45, 7) is 2.77. The van der Waals surface area contributed by atoms with Crippen molar-refractivity contribution in [1.29, 1.82) is 0 Å². The zero-order chi connectivity index (χ0) is 16.2. The van der Waals surface area contributed by atoms with E-state index in [-0.39, 0.29) is 0 Å². The van der Waals surface area contributed by atoms with Crippen molar-refractivity contribution >= 4 is 28.3 Å². The van der Waals surface area contributed by atoms with E-state index >= 15 is 0 Å². The minimum atomic E-state index is -0.978. The molecule has 0 unspecified atom stereocenters. The summed E-state index contributed by atoms with van der Waals surface area (Å²) in [5.74, 6) is -0.132. The van der Waals surface area contributed by atoms with Crippen LogP contribution >= 0.6 is 11.3 Å². The average Bonchev–Trinajstić information content (AvgIpc) is 3.13. The van der Waals surface area contributed by atoms with E-state index in [0.29, 0.717) is 6.61 Å². The molecule has 0 aliphatic rings. The number of fused-ring (bicyclic) bond motifs is 1. The Hall–Kier alpha value is -2.60. The van der Waals surface area contributed by atoms with Crippen molar-refractivity contribution in [3.63, 3.8) is 0 Å². The third-order valence-corrected chi connectivity index (χ3v) is 4.13. The summed E-state index contributed by atoms with van der Waals surface area (Å²) in [4.78, 5) is 15.9. The molecule has 0 saturated carbocycles. The first-order valence-electron chi connectivity index (χ1n) is 7.28. The summed E-state index contributed by atoms with van der Waals surface area (Å²) in [5, 5.41) is 10.8. The monoisotopic (exact) mass is 328 g/mol. The lowest BCUT2D eigenvalue weighted by atomic mass is 10.1. The molecule has 0 aliphatic heterocycles. The van der Waals surface area contributed by atoms with Gasteiger partial charge in [0.2, 0.25) is 0 Å². The minimum Gasteiger partial charge on any atom is -0.494 e. The Bertz CT molecular complexity index is 846. The molecule has 23 heavy (non-hydrogen) atoms. The summed E-state index contributed by atoms with van der Waals surface area (Å²) >= 11 is 1.52. The number of carbonyl (C=O) groups is 1. The van der Waals surface area contributed by atoms with Crippen molar-refractivity contribution in [1.82, 2.24) is 9.38 Å². The quantitative estimate of drug-likeness (QED) is 0.696. The Kier molecular flexibility index (Phi) is 4.43. The van der Waals surface area contributed by atoms with Gasteiger partial charge in [-0.15, -0.1) is 11.3 Å². The number of carboxylic acid groups (broad SMARTS) is 1. The van der Waals surface area contributed by atoms with Crippen LogP contribution in [0.3, 0.4) is 0 Å². The molecule has 0 amide bonds. The molecular formula is C17H16N2O3S. The van der Waals surface area contributed by atoms with Gasteiger partial charge in [0.15, 0.2) is 4.96 Å². The molecule has 2 heterocycles. The van der Waals surface area contributed by atoms with E-state index in [1.54, 1.807) is 12.3 Å². The van der Waals surface area contributed by atoms with E-state index in [4.69, 9.17) is 9.84 Å². The van der Waals surface area contributed by atoms with Crippen molar-refractivity contribution < 1.29 is 14.6 Å². The molecule has 118 valence electrons. The standard InChI is InChI=1S/C17H16N2O3S/c1-2-9-22-14-6-3-12(4-7-14)15-11-23-17-18-10-13(19(15)17)5-8-16(20)21/h3-8,10-11H,2,9H2,1H3,(H,20,21)/b8-5+. The number of hydrogen-bond donors (Lipinski definition) is 1. The fraction of sp³-hybridized carbons (Fsp3) is 0.176. The van der Waals surface area contributed by atoms with Crippen molar-refractivity contribution in [3.8, 4) is 17.0 Å². The molecule has 0 radical (unpaired) electrons. The van der Waals surface area contributed by atoms with Gasteiger partial charge in [-0.3, -0.25) is 4.40 Å². The van der Waals surface area contributed by atoms with Crippen LogP contribution in [-0.2, 0) is 4.79 Å². The second-order valence-electron chi connectivity index (χ2n) is 4.97. The van der Waals surface area contributed by atoms with E-state index in [9.17, 15) is 4.79 Å². The average molecular weight is 328 g/mol. The van der Waals surface area contributed by atoms with Gasteiger partial charge >= 0.3 is 5.97 Å². The molecular weight excluding hydrogens is 312 g/mol. The molecule has 1 aromatic carbocycles. The molecule has 1 N–H and O–H groups in total. The van der Waals surface area contributed by atoms with Crippen LogP contribution in [0.5, 0.6) is 5.75 Å². The summed E-state index contributed by atoms with van der Waals surface area (Å²) < 4.78 is 7.55. The number of nitrogens with zero attached hydrogens (tertiary/aromatic N) is 2. The lowest BCUT2D eigenvalue weighted by molar-refractivity contribution is -0.131. The van der Waals surface area contributed by atoms with Crippen LogP contribution < -0.4 is 4.74 Å². The first-order chi connectivity index (χ1) is 11.2. The fourth-order valence-corrected chi connectivity index (χ4v) is 3.13. The van der Waals surface area contributed by atoms with E-state index < -0.39 is 5.97 Å². The highest BCUT2D eigenvalue weighted by atomic mass is 32.1. The second-order valence-corrected chi connectivity index (χ2v) is 5.80. The maximum Gasteiger partial charge on any atom is 0.328 e. The number of rotatable bonds is 6. The van der Waals surface area contributed by atoms with Gasteiger partial charge in [0.05, 0.1) is 24.2 Å². The van der Waals surface area contributed by atoms with Gasteiger partial charge in [0.1, 0.15) is 5.75 Å². The highest BCUT2D eigenvalue weighted by molar-refractivity contribution is 7.15. The number of aromatic nitrogens is 2. The SMILES string of the molecule is CCCOc1ccc(-c2csc3ncc(/C=C/C(=O)O)n23)cc1. The molecule has 3 rings (SSSR count). The number of imidazole rings is 1. The molecule has 0 atom stereocenters. The van der Waals surface area contributed by atoms with E-state index in [1.165, 1.54) is 11.3 Å². The second kappa shape index (κ2) is 6.66. The highest BCUT2D eigenvalue weighted by Crippen LogP contribution is 2.29. The van der Waals surface area contributed by atoms with Crippen LogP contribution in [-0.4, -0.2) is 27.1 Å². The van der Waals surface area contributed by atoms with Gasteiger partial charge < -0.3 is 9.84 Å². The van der Waals surface area contributed by atoms with Crippen molar-refractivity contribution in [2.75, 3.05) is 6.61 Å². The first kappa shape index (κ1) is 15.3. The Balaban J connectivity index is 1.96. The molecule has 0 bridgehead atoms. The number of benzene rings is 1. The zero-order valence-electron chi connectivity index (χ0n) is 12.6. The van der Waals surface area contributed by atoms with Crippen LogP contribution in [0.4, 0.5) is 0 Å². The van der Waals surface area contributed by atoms with Crippen molar-refractivity contribution in [3.05, 3.63) is 47.6 Å². The van der Waals surface area contributed by atoms with Crippen LogP contribution in [0.2, 0.25) is 0 Å². The van der Waals surface area contributed by atoms with Crippen molar-refractivity contribution in [2.24, 2.45) is 0 Å². The Morgan fingerprint density at radius 1 is 1.39 bits per heavy atom. The van der Waals surface area contributed by atoms with E-state index in [0.717, 1.165) is 40.2 Å². The molecule has 2 aromatic heterocycles. The summed E-state index contributed by atoms with van der Waals surface area (Å²) in [5.41, 5.74) is 2.75. The fourth-order valence-electron chi connectivity index (χ4n) is 2.25. The van der Waals surface area contributed by atoms with Gasteiger partial charge in [-0.1, -0.05) is 6.92 Å². The van der Waals surface area contributed by atoms with Gasteiger partial charge in [-0.25, -0.2) is 9.78 Å². The smallest absolute Gasteiger partial charge is 0.328 e. The molecule has 0 saturated heterocycles. The Labute approximate surface area is 137 Å². The molecule has 5 nitrogen and oxygen atoms in total. The summed E-state index contributed by atoms with van der Waals surface area (Å²) in [6.07, 6.45) is 5.32. The molecule has 0 spiro atoms. The van der Waals surface area contributed by atoms with Crippen LogP contribution in [0.1, 0.15) is 19.0 Å². The number of hydrogen-bond acceptors (Lipinski definition) is 4. The maximum atomic E-state index is 10.7. The lowest BCUT2D eigenvalue weighted by Crippen LogP contribution is -1.95. The number of aliphatic carboxylic acids is 1. The topological polar surface area (TPSA) is 63.8 Å². The molecule has 3 aromatic rings. The third-order valence-electron chi connectivity index (χ3n) is 3.29. The predicted octanol–water partition coefficient (Wildman–Crippen LogP) is 3.95. The zero-order valence-corrected chi connectivity index (χ0v) is 13.4. The Morgan fingerprint density at radius 3 is 2.87 bits per heavy atom. The number of carboxylic acids is 1. The van der Waals surface area contributed by atoms with Crippen LogP contribution in [0.25, 0.3) is 22.3 Å². The van der Waals surface area contributed by atoms with Gasteiger partial charge in [0, 0.05) is 11.5 Å². The summed E-state index contributed by atoms with van der Waals surface area (Å²) in [7, 11) is 0. The van der Waals surface area contributed by atoms with Crippen LogP contribution in [0, 0.1) is 0 Å². The van der Waals surface area contributed by atoms with Crippen LogP contribution in [0.15, 0.2) is 41.9 Å². The largest absolute Gasteiger partial charge is 0.494 e. The van der Waals surface area contributed by atoms with E-state index in [2.05, 4.69) is 11.9 Å². The lowest BCUT2D eigenvalue weighted by Gasteiger charge is -2.06. The summed E-state index contributed by atoms with van der Waals surface area (Å²) in [6, 6.07) is 7.88. The Morgan fingerprint density at radius 2 is 2.17 bits per heavy atom. The number of thiazole rings is 1. The number of ether oxygens (including phenoxy) is 1. The molecule has 0 aliphatic carbocycles.